The molecule has 0 fully saturated rings. The van der Waals surface area contributed by atoms with Crippen LogP contribution in [-0.2, 0) is 0 Å². The van der Waals surface area contributed by atoms with Gasteiger partial charge in [0.2, 0.25) is 0 Å². The van der Waals surface area contributed by atoms with Gasteiger partial charge in [0.1, 0.15) is 9.88 Å². The number of hydrogen-bond acceptors (Lipinski definition) is 3. The number of rotatable bonds is 4. The Labute approximate surface area is 147 Å². The Morgan fingerprint density at radius 3 is 2.32 bits per heavy atom. The Hall–Kier alpha value is -3.18. The van der Waals surface area contributed by atoms with Crippen molar-refractivity contribution < 1.29 is 14.7 Å². The van der Waals surface area contributed by atoms with Crippen molar-refractivity contribution in [1.29, 1.82) is 0 Å². The number of para-hydroxylation sites is 1. The predicted octanol–water partition coefficient (Wildman–Crippen LogP) is 4.62. The number of carboxylic acid groups (broad SMARTS) is 1. The second-order valence-electron chi connectivity index (χ2n) is 5.57. The van der Waals surface area contributed by atoms with E-state index in [1.54, 1.807) is 30.5 Å². The SMILES string of the molecule is O=C(O)c1ccc(-n2cc(C(=O)c3ccccc3)c3ccccc32)s1. The Morgan fingerprint density at radius 1 is 0.880 bits per heavy atom. The summed E-state index contributed by atoms with van der Waals surface area (Å²) < 4.78 is 1.88. The summed E-state index contributed by atoms with van der Waals surface area (Å²) in [6.45, 7) is 0. The molecule has 0 aliphatic carbocycles. The molecule has 25 heavy (non-hydrogen) atoms. The standard InChI is InChI=1S/C20H13NO3S/c22-19(13-6-2-1-3-7-13)15-12-21(16-9-5-4-8-14(15)16)18-11-10-17(25-18)20(23)24/h1-12H,(H,23,24). The minimum atomic E-state index is -0.951. The Balaban J connectivity index is 1.89. The Kier molecular flexibility index (Phi) is 3.71. The van der Waals surface area contributed by atoms with Crippen molar-refractivity contribution in [1.82, 2.24) is 4.57 Å². The highest BCUT2D eigenvalue weighted by atomic mass is 32.1. The second-order valence-corrected chi connectivity index (χ2v) is 6.63. The molecule has 2 aromatic heterocycles. The van der Waals surface area contributed by atoms with Crippen molar-refractivity contribution in [3.05, 3.63) is 88.9 Å². The third-order valence-corrected chi connectivity index (χ3v) is 5.11. The van der Waals surface area contributed by atoms with E-state index in [1.165, 1.54) is 11.3 Å². The molecule has 5 heteroatoms. The van der Waals surface area contributed by atoms with Crippen LogP contribution in [0.5, 0.6) is 0 Å². The lowest BCUT2D eigenvalue weighted by atomic mass is 10.0. The molecule has 4 rings (SSSR count). The first-order valence-electron chi connectivity index (χ1n) is 7.68. The van der Waals surface area contributed by atoms with Crippen molar-refractivity contribution in [2.45, 2.75) is 0 Å². The average Bonchev–Trinajstić information content (AvgIpc) is 3.27. The van der Waals surface area contributed by atoms with Crippen LogP contribution in [0.4, 0.5) is 0 Å². The first kappa shape index (κ1) is 15.4. The number of carbonyl (C=O) groups is 2. The summed E-state index contributed by atoms with van der Waals surface area (Å²) in [5.41, 5.74) is 2.11. The number of carbonyl (C=O) groups excluding carboxylic acids is 1. The van der Waals surface area contributed by atoms with Gasteiger partial charge in [0.05, 0.1) is 5.52 Å². The van der Waals surface area contributed by atoms with Crippen LogP contribution >= 0.6 is 11.3 Å². The van der Waals surface area contributed by atoms with Gasteiger partial charge in [-0.2, -0.15) is 0 Å². The van der Waals surface area contributed by atoms with E-state index < -0.39 is 5.97 Å². The van der Waals surface area contributed by atoms with Crippen LogP contribution in [0.25, 0.3) is 15.9 Å². The van der Waals surface area contributed by atoms with Gasteiger partial charge in [0.25, 0.3) is 0 Å². The molecule has 2 heterocycles. The van der Waals surface area contributed by atoms with E-state index in [0.717, 1.165) is 15.9 Å². The number of hydrogen-bond donors (Lipinski definition) is 1. The van der Waals surface area contributed by atoms with Crippen LogP contribution in [0.1, 0.15) is 25.6 Å². The van der Waals surface area contributed by atoms with E-state index in [-0.39, 0.29) is 10.7 Å². The number of benzene rings is 2. The van der Waals surface area contributed by atoms with Crippen molar-refractivity contribution in [2.24, 2.45) is 0 Å². The normalized spacial score (nSPS) is 10.9. The number of aromatic carboxylic acids is 1. The monoisotopic (exact) mass is 347 g/mol. The molecular weight excluding hydrogens is 334 g/mol. The molecule has 0 aliphatic rings. The molecule has 122 valence electrons. The van der Waals surface area contributed by atoms with Gasteiger partial charge < -0.3 is 9.67 Å². The van der Waals surface area contributed by atoms with Gasteiger partial charge >= 0.3 is 5.97 Å². The topological polar surface area (TPSA) is 59.3 Å². The highest BCUT2D eigenvalue weighted by Gasteiger charge is 2.18. The second kappa shape index (κ2) is 6.03. The maximum absolute atomic E-state index is 12.9. The largest absolute Gasteiger partial charge is 0.477 e. The van der Waals surface area contributed by atoms with Gasteiger partial charge in [-0.3, -0.25) is 4.79 Å². The lowest BCUT2D eigenvalue weighted by Gasteiger charge is -2.00. The quantitative estimate of drug-likeness (QED) is 0.548. The first-order chi connectivity index (χ1) is 12.1. The summed E-state index contributed by atoms with van der Waals surface area (Å²) in [4.78, 5) is 24.3. The van der Waals surface area contributed by atoms with Crippen LogP contribution in [0, 0.1) is 0 Å². The minimum Gasteiger partial charge on any atom is -0.477 e. The molecule has 2 aromatic carbocycles. The fourth-order valence-electron chi connectivity index (χ4n) is 2.86. The van der Waals surface area contributed by atoms with E-state index in [0.29, 0.717) is 11.1 Å². The molecule has 0 bridgehead atoms. The zero-order chi connectivity index (χ0) is 17.4. The Morgan fingerprint density at radius 2 is 1.60 bits per heavy atom. The van der Waals surface area contributed by atoms with E-state index in [2.05, 4.69) is 0 Å². The molecule has 4 aromatic rings. The van der Waals surface area contributed by atoms with Crippen LogP contribution in [0.3, 0.4) is 0 Å². The molecular formula is C20H13NO3S. The summed E-state index contributed by atoms with van der Waals surface area (Å²) in [5.74, 6) is -1.00. The molecule has 4 nitrogen and oxygen atoms in total. The van der Waals surface area contributed by atoms with Crippen LogP contribution < -0.4 is 0 Å². The summed E-state index contributed by atoms with van der Waals surface area (Å²) in [7, 11) is 0. The van der Waals surface area contributed by atoms with Crippen LogP contribution in [0.15, 0.2) is 72.9 Å². The highest BCUT2D eigenvalue weighted by Crippen LogP contribution is 2.30. The van der Waals surface area contributed by atoms with Gasteiger partial charge in [0.15, 0.2) is 5.78 Å². The number of ketones is 1. The summed E-state index contributed by atoms with van der Waals surface area (Å²) in [5, 5.41) is 10.8. The number of carboxylic acids is 1. The van der Waals surface area contributed by atoms with Crippen molar-refractivity contribution in [3.63, 3.8) is 0 Å². The van der Waals surface area contributed by atoms with Crippen molar-refractivity contribution in [2.75, 3.05) is 0 Å². The summed E-state index contributed by atoms with van der Waals surface area (Å²) in [6.07, 6.45) is 1.79. The number of thiophene rings is 1. The summed E-state index contributed by atoms with van der Waals surface area (Å²) in [6, 6.07) is 20.1. The molecule has 1 N–H and O–H groups in total. The molecule has 0 amide bonds. The van der Waals surface area contributed by atoms with Crippen LogP contribution in [0.2, 0.25) is 0 Å². The molecule has 0 radical (unpaired) electrons. The maximum Gasteiger partial charge on any atom is 0.345 e. The third-order valence-electron chi connectivity index (χ3n) is 4.03. The van der Waals surface area contributed by atoms with Crippen molar-refractivity contribution >= 4 is 34.0 Å². The fraction of sp³-hybridized carbons (Fsp3) is 0. The minimum absolute atomic E-state index is 0.0504. The first-order valence-corrected chi connectivity index (χ1v) is 8.50. The van der Waals surface area contributed by atoms with Gasteiger partial charge in [-0.1, -0.05) is 48.5 Å². The smallest absolute Gasteiger partial charge is 0.345 e. The molecule has 0 spiro atoms. The average molecular weight is 347 g/mol. The predicted molar refractivity (Wildman–Crippen MR) is 98.0 cm³/mol. The highest BCUT2D eigenvalue weighted by molar-refractivity contribution is 7.16. The van der Waals surface area contributed by atoms with Gasteiger partial charge in [-0.05, 0) is 18.2 Å². The molecule has 0 aliphatic heterocycles. The number of nitrogens with zero attached hydrogens (tertiary/aromatic N) is 1. The lowest BCUT2D eigenvalue weighted by Crippen LogP contribution is -1.99. The van der Waals surface area contributed by atoms with Crippen molar-refractivity contribution in [3.8, 4) is 5.00 Å². The zero-order valence-electron chi connectivity index (χ0n) is 13.0. The van der Waals surface area contributed by atoms with E-state index in [1.807, 2.05) is 47.0 Å². The van der Waals surface area contributed by atoms with Gasteiger partial charge in [-0.25, -0.2) is 4.79 Å². The van der Waals surface area contributed by atoms with E-state index in [9.17, 15) is 9.59 Å². The zero-order valence-corrected chi connectivity index (χ0v) is 13.9. The van der Waals surface area contributed by atoms with E-state index in [4.69, 9.17) is 5.11 Å². The molecule has 0 unspecified atom stereocenters. The van der Waals surface area contributed by atoms with Crippen LogP contribution in [-0.4, -0.2) is 21.4 Å². The molecule has 0 saturated carbocycles. The fourth-order valence-corrected chi connectivity index (χ4v) is 3.69. The number of aromatic nitrogens is 1. The molecule has 0 atom stereocenters. The van der Waals surface area contributed by atoms with E-state index >= 15 is 0 Å². The molecule has 0 saturated heterocycles. The maximum atomic E-state index is 12.9. The Bertz CT molecular complexity index is 1090. The third kappa shape index (κ3) is 2.64. The number of fused-ring (bicyclic) bond motifs is 1. The lowest BCUT2D eigenvalue weighted by molar-refractivity contribution is 0.0702. The summed E-state index contributed by atoms with van der Waals surface area (Å²) >= 11 is 1.18. The van der Waals surface area contributed by atoms with Gasteiger partial charge in [0, 0.05) is 22.7 Å². The van der Waals surface area contributed by atoms with Gasteiger partial charge in [-0.15, -0.1) is 11.3 Å².